The Labute approximate surface area is 196 Å². The first kappa shape index (κ1) is 26.2. The topological polar surface area (TPSA) is 93.1 Å². The molecule has 0 fully saturated rings. The molecule has 0 aliphatic carbocycles. The molecule has 0 aliphatic heterocycles. The minimum atomic E-state index is -0.680. The molecule has 0 bridgehead atoms. The van der Waals surface area contributed by atoms with Gasteiger partial charge in [0.25, 0.3) is 0 Å². The molecular formula is C27H36O6. The van der Waals surface area contributed by atoms with Crippen molar-refractivity contribution in [1.82, 2.24) is 0 Å². The van der Waals surface area contributed by atoms with Crippen LogP contribution in [-0.4, -0.2) is 22.2 Å². The minimum Gasteiger partial charge on any atom is -0.507 e. The van der Waals surface area contributed by atoms with Crippen LogP contribution in [0.4, 0.5) is 0 Å². The molecule has 6 heteroatoms. The summed E-state index contributed by atoms with van der Waals surface area (Å²) in [6.07, 6.45) is -0.494. The summed E-state index contributed by atoms with van der Waals surface area (Å²) in [6.45, 7) is 15.6. The Kier molecular flexibility index (Phi) is 7.83. The van der Waals surface area contributed by atoms with Crippen LogP contribution in [0.3, 0.4) is 0 Å². The number of esters is 2. The van der Waals surface area contributed by atoms with Gasteiger partial charge in [-0.25, -0.2) is 0 Å². The van der Waals surface area contributed by atoms with Gasteiger partial charge in [-0.15, -0.1) is 0 Å². The highest BCUT2D eigenvalue weighted by molar-refractivity contribution is 5.91. The van der Waals surface area contributed by atoms with Crippen molar-refractivity contribution in [1.29, 1.82) is 0 Å². The van der Waals surface area contributed by atoms with E-state index in [1.165, 1.54) is 0 Å². The molecule has 2 rings (SSSR count). The first-order valence-corrected chi connectivity index (χ1v) is 11.1. The second-order valence-corrected chi connectivity index (χ2v) is 10.6. The third-order valence-corrected chi connectivity index (χ3v) is 5.42. The molecule has 0 unspecified atom stereocenters. The molecule has 0 amide bonds. The van der Waals surface area contributed by atoms with Gasteiger partial charge in [0.1, 0.15) is 31.1 Å². The third kappa shape index (κ3) is 6.98. The van der Waals surface area contributed by atoms with E-state index in [0.717, 1.165) is 22.3 Å². The average Bonchev–Trinajstić information content (AvgIpc) is 2.67. The maximum absolute atomic E-state index is 12.2. The molecule has 0 radical (unpaired) electrons. The summed E-state index contributed by atoms with van der Waals surface area (Å²) < 4.78 is 10.5. The molecule has 0 aromatic heterocycles. The van der Waals surface area contributed by atoms with Gasteiger partial charge < -0.3 is 19.7 Å². The van der Waals surface area contributed by atoms with Crippen LogP contribution in [-0.2, 0) is 43.1 Å². The Morgan fingerprint density at radius 3 is 1.33 bits per heavy atom. The molecule has 180 valence electrons. The number of aryl methyl sites for hydroxylation is 2. The fourth-order valence-corrected chi connectivity index (χ4v) is 3.57. The van der Waals surface area contributed by atoms with E-state index in [1.54, 1.807) is 26.0 Å². The number of rotatable bonds is 6. The van der Waals surface area contributed by atoms with E-state index < -0.39 is 18.4 Å². The van der Waals surface area contributed by atoms with E-state index in [4.69, 9.17) is 9.47 Å². The third-order valence-electron chi connectivity index (χ3n) is 5.42. The molecule has 2 N–H and O–H groups in total. The van der Waals surface area contributed by atoms with Gasteiger partial charge in [0.15, 0.2) is 0 Å². The normalized spacial score (nSPS) is 11.9. The monoisotopic (exact) mass is 456 g/mol. The predicted molar refractivity (Wildman–Crippen MR) is 127 cm³/mol. The maximum atomic E-state index is 12.2. The lowest BCUT2D eigenvalue weighted by Gasteiger charge is -2.22. The van der Waals surface area contributed by atoms with Gasteiger partial charge in [0.2, 0.25) is 0 Å². The molecule has 33 heavy (non-hydrogen) atoms. The smallest absolute Gasteiger partial charge is 0.317 e. The Balaban J connectivity index is 1.96. The van der Waals surface area contributed by atoms with Crippen LogP contribution in [0.15, 0.2) is 24.3 Å². The second kappa shape index (κ2) is 9.86. The van der Waals surface area contributed by atoms with Crippen molar-refractivity contribution in [3.05, 3.63) is 57.6 Å². The molecule has 0 heterocycles. The summed E-state index contributed by atoms with van der Waals surface area (Å²) in [5, 5.41) is 20.6. The largest absolute Gasteiger partial charge is 0.507 e. The quantitative estimate of drug-likeness (QED) is 0.441. The molecular weight excluding hydrogens is 420 g/mol. The summed E-state index contributed by atoms with van der Waals surface area (Å²) in [5.74, 6) is -0.888. The Morgan fingerprint density at radius 1 is 0.697 bits per heavy atom. The zero-order chi connectivity index (χ0) is 25.1. The molecule has 0 spiro atoms. The first-order valence-electron chi connectivity index (χ1n) is 11.1. The summed E-state index contributed by atoms with van der Waals surface area (Å²) in [6, 6.07) is 7.15. The van der Waals surface area contributed by atoms with E-state index >= 15 is 0 Å². The van der Waals surface area contributed by atoms with Gasteiger partial charge in [-0.05, 0) is 82.3 Å². The SMILES string of the molecule is Cc1cc(COC(=O)CC(=O)OCc2cc(C)c(O)c(C(C)(C)C)c2)cc(C(C)(C)C)c1O. The number of benzene rings is 2. The Hall–Kier alpha value is -3.02. The molecule has 2 aromatic rings. The van der Waals surface area contributed by atoms with Gasteiger partial charge in [-0.1, -0.05) is 41.5 Å². The van der Waals surface area contributed by atoms with Crippen molar-refractivity contribution >= 4 is 11.9 Å². The van der Waals surface area contributed by atoms with Crippen LogP contribution in [0.2, 0.25) is 0 Å². The Morgan fingerprint density at radius 2 is 1.03 bits per heavy atom. The second-order valence-electron chi connectivity index (χ2n) is 10.6. The molecule has 0 atom stereocenters. The Bertz CT molecular complexity index is 955. The first-order chi connectivity index (χ1) is 15.1. The summed E-state index contributed by atoms with van der Waals surface area (Å²) in [4.78, 5) is 24.3. The standard InChI is InChI=1S/C27H36O6/c1-16-9-18(11-20(24(16)30)26(3,4)5)14-32-22(28)13-23(29)33-15-19-10-17(2)25(31)21(12-19)27(6,7)8/h9-12,30-31H,13-15H2,1-8H3. The van der Waals surface area contributed by atoms with Gasteiger partial charge in [0, 0.05) is 0 Å². The van der Waals surface area contributed by atoms with Crippen LogP contribution in [0.25, 0.3) is 0 Å². The number of aromatic hydroxyl groups is 2. The number of ether oxygens (including phenoxy) is 2. The maximum Gasteiger partial charge on any atom is 0.317 e. The van der Waals surface area contributed by atoms with Crippen molar-refractivity contribution in [2.24, 2.45) is 0 Å². The van der Waals surface area contributed by atoms with E-state index in [2.05, 4.69) is 0 Å². The highest BCUT2D eigenvalue weighted by Gasteiger charge is 2.22. The fourth-order valence-electron chi connectivity index (χ4n) is 3.57. The molecule has 0 aliphatic rings. The lowest BCUT2D eigenvalue weighted by Crippen LogP contribution is -2.16. The number of hydrogen-bond donors (Lipinski definition) is 2. The minimum absolute atomic E-state index is 0.00239. The average molecular weight is 457 g/mol. The van der Waals surface area contributed by atoms with Crippen LogP contribution in [0, 0.1) is 13.8 Å². The number of carbonyl (C=O) groups is 2. The van der Waals surface area contributed by atoms with Crippen LogP contribution >= 0.6 is 0 Å². The van der Waals surface area contributed by atoms with Crippen molar-refractivity contribution < 1.29 is 29.3 Å². The molecule has 2 aromatic carbocycles. The summed E-state index contributed by atoms with van der Waals surface area (Å²) in [5.41, 5.74) is 3.89. The van der Waals surface area contributed by atoms with Gasteiger partial charge in [0.05, 0.1) is 0 Å². The van der Waals surface area contributed by atoms with Crippen LogP contribution < -0.4 is 0 Å². The number of phenols is 2. The van der Waals surface area contributed by atoms with E-state index in [9.17, 15) is 19.8 Å². The number of phenolic OH excluding ortho intramolecular Hbond substituents is 2. The predicted octanol–water partition coefficient (Wildman–Crippen LogP) is 5.49. The summed E-state index contributed by atoms with van der Waals surface area (Å²) >= 11 is 0. The van der Waals surface area contributed by atoms with Crippen molar-refractivity contribution in [3.63, 3.8) is 0 Å². The summed E-state index contributed by atoms with van der Waals surface area (Å²) in [7, 11) is 0. The van der Waals surface area contributed by atoms with E-state index in [1.807, 2.05) is 53.7 Å². The van der Waals surface area contributed by atoms with Gasteiger partial charge >= 0.3 is 11.9 Å². The lowest BCUT2D eigenvalue weighted by molar-refractivity contribution is -0.156. The van der Waals surface area contributed by atoms with Crippen LogP contribution in [0.1, 0.15) is 81.3 Å². The van der Waals surface area contributed by atoms with Crippen molar-refractivity contribution in [3.8, 4) is 11.5 Å². The van der Waals surface area contributed by atoms with E-state index in [-0.39, 0.29) is 35.5 Å². The lowest BCUT2D eigenvalue weighted by atomic mass is 9.84. The van der Waals surface area contributed by atoms with E-state index in [0.29, 0.717) is 11.1 Å². The van der Waals surface area contributed by atoms with Crippen molar-refractivity contribution in [2.45, 2.75) is 85.9 Å². The molecule has 6 nitrogen and oxygen atoms in total. The highest BCUT2D eigenvalue weighted by Crippen LogP contribution is 2.35. The molecule has 0 saturated carbocycles. The number of hydrogen-bond acceptors (Lipinski definition) is 6. The zero-order valence-corrected chi connectivity index (χ0v) is 21.0. The van der Waals surface area contributed by atoms with Gasteiger partial charge in [-0.3, -0.25) is 9.59 Å². The van der Waals surface area contributed by atoms with Gasteiger partial charge in [-0.2, -0.15) is 0 Å². The fraction of sp³-hybridized carbons (Fsp3) is 0.481. The highest BCUT2D eigenvalue weighted by atomic mass is 16.6. The zero-order valence-electron chi connectivity index (χ0n) is 21.0. The number of carbonyl (C=O) groups excluding carboxylic acids is 2. The van der Waals surface area contributed by atoms with Crippen molar-refractivity contribution in [2.75, 3.05) is 0 Å². The van der Waals surface area contributed by atoms with Crippen LogP contribution in [0.5, 0.6) is 11.5 Å². The molecule has 0 saturated heterocycles.